The first kappa shape index (κ1) is 18.6. The Kier molecular flexibility index (Phi) is 6.53. The van der Waals surface area contributed by atoms with Crippen LogP contribution in [-0.4, -0.2) is 27.8 Å². The number of carbonyl (C=O) groups is 1. The van der Waals surface area contributed by atoms with E-state index < -0.39 is 0 Å². The highest BCUT2D eigenvalue weighted by Gasteiger charge is 2.12. The van der Waals surface area contributed by atoms with Crippen molar-refractivity contribution in [1.82, 2.24) is 20.5 Å². The zero-order chi connectivity index (χ0) is 18.9. The van der Waals surface area contributed by atoms with Crippen LogP contribution in [0.4, 0.5) is 9.93 Å². The second-order valence-electron chi connectivity index (χ2n) is 5.42. The molecule has 8 nitrogen and oxygen atoms in total. The third kappa shape index (κ3) is 5.38. The Balaban J connectivity index is 1.66. The molecule has 2 amide bonds. The number of hydrogen-bond acceptors (Lipinski definition) is 7. The van der Waals surface area contributed by atoms with Gasteiger partial charge in [0.15, 0.2) is 11.5 Å². The van der Waals surface area contributed by atoms with Crippen LogP contribution in [0.2, 0.25) is 0 Å². The summed E-state index contributed by atoms with van der Waals surface area (Å²) in [5.74, 6) is 1.63. The van der Waals surface area contributed by atoms with E-state index in [2.05, 4.69) is 25.8 Å². The van der Waals surface area contributed by atoms with E-state index in [1.165, 1.54) is 11.3 Å². The first-order chi connectivity index (χ1) is 13.3. The topological polar surface area (TPSA) is 98.3 Å². The number of urea groups is 1. The molecule has 3 aromatic rings. The molecule has 2 heterocycles. The normalized spacial score (nSPS) is 10.3. The number of hydrogen-bond donors (Lipinski definition) is 2. The minimum atomic E-state index is -0.381. The number of amides is 2. The van der Waals surface area contributed by atoms with E-state index in [1.807, 2.05) is 37.3 Å². The van der Waals surface area contributed by atoms with Crippen LogP contribution in [-0.2, 0) is 6.54 Å². The summed E-state index contributed by atoms with van der Waals surface area (Å²) in [6.45, 7) is 2.88. The van der Waals surface area contributed by atoms with Crippen LogP contribution in [0, 0.1) is 0 Å². The molecule has 140 valence electrons. The average Bonchev–Trinajstić information content (AvgIpc) is 3.19. The summed E-state index contributed by atoms with van der Waals surface area (Å²) in [4.78, 5) is 16.2. The van der Waals surface area contributed by atoms with Crippen molar-refractivity contribution in [2.75, 3.05) is 11.9 Å². The molecular formula is C18H19N5O3S. The molecule has 3 rings (SSSR count). The Morgan fingerprint density at radius 3 is 2.81 bits per heavy atom. The number of nitrogens with zero attached hydrogens (tertiary/aromatic N) is 3. The van der Waals surface area contributed by atoms with Gasteiger partial charge in [0.2, 0.25) is 11.0 Å². The first-order valence-corrected chi connectivity index (χ1v) is 9.29. The van der Waals surface area contributed by atoms with Crippen LogP contribution in [0.1, 0.15) is 18.9 Å². The van der Waals surface area contributed by atoms with Crippen molar-refractivity contribution in [2.45, 2.75) is 19.9 Å². The molecule has 0 unspecified atom stereocenters. The highest BCUT2D eigenvalue weighted by molar-refractivity contribution is 7.13. The molecule has 0 atom stereocenters. The molecule has 0 bridgehead atoms. The highest BCUT2D eigenvalue weighted by Crippen LogP contribution is 2.31. The Labute approximate surface area is 160 Å². The van der Waals surface area contributed by atoms with Gasteiger partial charge in [-0.05, 0) is 24.6 Å². The molecule has 0 saturated carbocycles. The summed E-state index contributed by atoms with van der Waals surface area (Å²) in [5, 5.41) is 13.2. The van der Waals surface area contributed by atoms with E-state index in [-0.39, 0.29) is 12.6 Å². The van der Waals surface area contributed by atoms with E-state index in [0.29, 0.717) is 29.1 Å². The number of nitrogens with one attached hydrogen (secondary N) is 2. The molecule has 2 N–H and O–H groups in total. The second-order valence-corrected chi connectivity index (χ2v) is 6.25. The largest absolute Gasteiger partial charge is 0.490 e. The lowest BCUT2D eigenvalue weighted by Crippen LogP contribution is -2.28. The lowest BCUT2D eigenvalue weighted by Gasteiger charge is -2.14. The standard InChI is InChI=1S/C18H19N5O3S/c1-2-10-25-14-7-3-4-8-15(14)26-16-13(6-5-9-19-16)11-20-17(24)22-18-23-21-12-27-18/h3-9,12H,2,10-11H2,1H3,(H2,20,22,23,24). The van der Waals surface area contributed by atoms with Crippen molar-refractivity contribution >= 4 is 22.5 Å². The van der Waals surface area contributed by atoms with Gasteiger partial charge in [-0.25, -0.2) is 9.78 Å². The van der Waals surface area contributed by atoms with Gasteiger partial charge >= 0.3 is 6.03 Å². The lowest BCUT2D eigenvalue weighted by molar-refractivity contribution is 0.251. The van der Waals surface area contributed by atoms with Crippen molar-refractivity contribution < 1.29 is 14.3 Å². The number of ether oxygens (including phenoxy) is 2. The summed E-state index contributed by atoms with van der Waals surface area (Å²) < 4.78 is 11.7. The average molecular weight is 385 g/mol. The number of carbonyl (C=O) groups excluding carboxylic acids is 1. The quantitative estimate of drug-likeness (QED) is 0.611. The molecule has 0 fully saturated rings. The van der Waals surface area contributed by atoms with Gasteiger partial charge in [-0.1, -0.05) is 36.5 Å². The Bertz CT molecular complexity index is 873. The molecule has 0 aliphatic heterocycles. The highest BCUT2D eigenvalue weighted by atomic mass is 32.1. The number of pyridine rings is 1. The summed E-state index contributed by atoms with van der Waals surface area (Å²) in [6.07, 6.45) is 2.53. The molecule has 0 saturated heterocycles. The Morgan fingerprint density at radius 1 is 1.19 bits per heavy atom. The smallest absolute Gasteiger partial charge is 0.321 e. The van der Waals surface area contributed by atoms with E-state index in [9.17, 15) is 4.79 Å². The predicted octanol–water partition coefficient (Wildman–Crippen LogP) is 3.84. The van der Waals surface area contributed by atoms with Crippen LogP contribution >= 0.6 is 11.3 Å². The number of rotatable bonds is 8. The van der Waals surface area contributed by atoms with Gasteiger partial charge < -0.3 is 14.8 Å². The molecule has 0 aliphatic rings. The Morgan fingerprint density at radius 2 is 2.04 bits per heavy atom. The van der Waals surface area contributed by atoms with Crippen LogP contribution in [0.5, 0.6) is 17.4 Å². The van der Waals surface area contributed by atoms with Crippen molar-refractivity contribution in [2.24, 2.45) is 0 Å². The van der Waals surface area contributed by atoms with E-state index >= 15 is 0 Å². The summed E-state index contributed by atoms with van der Waals surface area (Å²) >= 11 is 1.24. The molecule has 27 heavy (non-hydrogen) atoms. The molecular weight excluding hydrogens is 366 g/mol. The molecule has 0 radical (unpaired) electrons. The number of para-hydroxylation sites is 2. The van der Waals surface area contributed by atoms with Crippen molar-refractivity contribution in [3.63, 3.8) is 0 Å². The minimum Gasteiger partial charge on any atom is -0.490 e. The van der Waals surface area contributed by atoms with E-state index in [4.69, 9.17) is 9.47 Å². The van der Waals surface area contributed by atoms with E-state index in [0.717, 1.165) is 12.0 Å². The Hall–Kier alpha value is -3.20. The summed E-state index contributed by atoms with van der Waals surface area (Å²) in [7, 11) is 0. The first-order valence-electron chi connectivity index (χ1n) is 8.41. The SMILES string of the molecule is CCCOc1ccccc1Oc1ncccc1CNC(=O)Nc1nncs1. The minimum absolute atomic E-state index is 0.242. The van der Waals surface area contributed by atoms with Gasteiger partial charge in [-0.15, -0.1) is 10.2 Å². The van der Waals surface area contributed by atoms with Crippen LogP contribution in [0.3, 0.4) is 0 Å². The van der Waals surface area contributed by atoms with Crippen molar-refractivity contribution in [3.05, 3.63) is 53.7 Å². The fourth-order valence-electron chi connectivity index (χ4n) is 2.16. The van der Waals surface area contributed by atoms with Gasteiger partial charge in [0.05, 0.1) is 6.61 Å². The second kappa shape index (κ2) is 9.48. The van der Waals surface area contributed by atoms with E-state index in [1.54, 1.807) is 17.8 Å². The van der Waals surface area contributed by atoms with Crippen LogP contribution in [0.15, 0.2) is 48.1 Å². The summed E-state index contributed by atoms with van der Waals surface area (Å²) in [5.41, 5.74) is 2.27. The van der Waals surface area contributed by atoms with Gasteiger partial charge in [-0.3, -0.25) is 5.32 Å². The van der Waals surface area contributed by atoms with Gasteiger partial charge in [0, 0.05) is 18.3 Å². The lowest BCUT2D eigenvalue weighted by atomic mass is 10.2. The molecule has 0 spiro atoms. The van der Waals surface area contributed by atoms with Gasteiger partial charge in [0.25, 0.3) is 0 Å². The number of anilines is 1. The maximum atomic E-state index is 12.0. The number of aromatic nitrogens is 3. The maximum Gasteiger partial charge on any atom is 0.321 e. The van der Waals surface area contributed by atoms with Crippen LogP contribution in [0.25, 0.3) is 0 Å². The predicted molar refractivity (Wildman–Crippen MR) is 102 cm³/mol. The third-order valence-corrected chi connectivity index (χ3v) is 3.99. The zero-order valence-electron chi connectivity index (χ0n) is 14.7. The van der Waals surface area contributed by atoms with Crippen molar-refractivity contribution in [3.8, 4) is 17.4 Å². The molecule has 2 aromatic heterocycles. The van der Waals surface area contributed by atoms with Gasteiger partial charge in [0.1, 0.15) is 5.51 Å². The molecule has 9 heteroatoms. The fraction of sp³-hybridized carbons (Fsp3) is 0.222. The molecule has 1 aromatic carbocycles. The molecule has 0 aliphatic carbocycles. The maximum absolute atomic E-state index is 12.0. The number of benzene rings is 1. The summed E-state index contributed by atoms with van der Waals surface area (Å²) in [6, 6.07) is 10.7. The van der Waals surface area contributed by atoms with Crippen molar-refractivity contribution in [1.29, 1.82) is 0 Å². The third-order valence-electron chi connectivity index (χ3n) is 3.39. The zero-order valence-corrected chi connectivity index (χ0v) is 15.5. The fourth-order valence-corrected chi connectivity index (χ4v) is 2.60. The van der Waals surface area contributed by atoms with Gasteiger partial charge in [-0.2, -0.15) is 0 Å². The van der Waals surface area contributed by atoms with Crippen LogP contribution < -0.4 is 20.1 Å². The monoisotopic (exact) mass is 385 g/mol.